The second kappa shape index (κ2) is 5.79. The lowest BCUT2D eigenvalue weighted by molar-refractivity contribution is 0.282. The van der Waals surface area contributed by atoms with Crippen molar-refractivity contribution in [3.8, 4) is 0 Å². The van der Waals surface area contributed by atoms with Crippen LogP contribution in [0.2, 0.25) is 0 Å². The van der Waals surface area contributed by atoms with E-state index in [0.717, 1.165) is 51.5 Å². The highest BCUT2D eigenvalue weighted by Gasteiger charge is 2.22. The van der Waals surface area contributed by atoms with Crippen LogP contribution in [0.15, 0.2) is 12.7 Å². The molecular formula is C15H23N5. The Bertz CT molecular complexity index is 491. The van der Waals surface area contributed by atoms with Crippen molar-refractivity contribution in [2.75, 3.05) is 43.4 Å². The molecule has 1 aromatic rings. The van der Waals surface area contributed by atoms with Crippen molar-refractivity contribution < 1.29 is 0 Å². The summed E-state index contributed by atoms with van der Waals surface area (Å²) in [7, 11) is 0. The number of aromatic nitrogens is 2. The minimum atomic E-state index is 0.693. The molecule has 1 aliphatic heterocycles. The van der Waals surface area contributed by atoms with Gasteiger partial charge in [0.05, 0.1) is 5.69 Å². The Morgan fingerprint density at radius 2 is 1.85 bits per heavy atom. The highest BCUT2D eigenvalue weighted by Crippen LogP contribution is 2.26. The van der Waals surface area contributed by atoms with Gasteiger partial charge in [0.25, 0.3) is 0 Å². The molecule has 0 bridgehead atoms. The van der Waals surface area contributed by atoms with Gasteiger partial charge in [-0.05, 0) is 25.7 Å². The van der Waals surface area contributed by atoms with Crippen LogP contribution in [-0.2, 0) is 12.8 Å². The van der Waals surface area contributed by atoms with Crippen LogP contribution < -0.4 is 10.6 Å². The van der Waals surface area contributed by atoms with E-state index in [0.29, 0.717) is 5.82 Å². The van der Waals surface area contributed by atoms with Crippen LogP contribution in [0.25, 0.3) is 0 Å². The van der Waals surface area contributed by atoms with E-state index in [-0.39, 0.29) is 0 Å². The third-order valence-electron chi connectivity index (χ3n) is 4.25. The Kier molecular flexibility index (Phi) is 3.87. The van der Waals surface area contributed by atoms with Crippen molar-refractivity contribution in [2.45, 2.75) is 25.7 Å². The fourth-order valence-electron chi connectivity index (χ4n) is 3.06. The molecule has 2 aliphatic rings. The lowest BCUT2D eigenvalue weighted by Crippen LogP contribution is -2.47. The zero-order valence-corrected chi connectivity index (χ0v) is 12.0. The molecule has 108 valence electrons. The summed E-state index contributed by atoms with van der Waals surface area (Å²) in [6, 6.07) is 0. The molecule has 0 radical (unpaired) electrons. The maximum Gasteiger partial charge on any atom is 0.227 e. The number of nitrogen functional groups attached to an aromatic ring is 1. The summed E-state index contributed by atoms with van der Waals surface area (Å²) in [4.78, 5) is 13.9. The molecule has 1 aromatic heterocycles. The Balaban J connectivity index is 1.75. The van der Waals surface area contributed by atoms with E-state index in [2.05, 4.69) is 21.4 Å². The smallest absolute Gasteiger partial charge is 0.227 e. The number of rotatable bonds is 3. The minimum Gasteiger partial charge on any atom is -0.383 e. The first-order valence-electron chi connectivity index (χ1n) is 7.51. The van der Waals surface area contributed by atoms with E-state index in [1.165, 1.54) is 24.1 Å². The number of anilines is 2. The Hall–Kier alpha value is -1.62. The van der Waals surface area contributed by atoms with Crippen LogP contribution in [0.5, 0.6) is 0 Å². The molecule has 1 saturated heterocycles. The molecule has 2 heterocycles. The Labute approximate surface area is 120 Å². The van der Waals surface area contributed by atoms with Gasteiger partial charge in [-0.25, -0.2) is 4.98 Å². The molecule has 5 heteroatoms. The molecule has 1 fully saturated rings. The van der Waals surface area contributed by atoms with Crippen LogP contribution in [-0.4, -0.2) is 47.6 Å². The van der Waals surface area contributed by atoms with Crippen LogP contribution in [0.1, 0.15) is 24.1 Å². The summed E-state index contributed by atoms with van der Waals surface area (Å²) < 4.78 is 0. The fourth-order valence-corrected chi connectivity index (χ4v) is 3.06. The van der Waals surface area contributed by atoms with Gasteiger partial charge < -0.3 is 10.6 Å². The maximum atomic E-state index is 6.12. The van der Waals surface area contributed by atoms with Gasteiger partial charge in [0, 0.05) is 38.3 Å². The molecule has 0 amide bonds. The van der Waals surface area contributed by atoms with Crippen LogP contribution >= 0.6 is 0 Å². The van der Waals surface area contributed by atoms with Crippen molar-refractivity contribution in [2.24, 2.45) is 0 Å². The fraction of sp³-hybridized carbons (Fsp3) is 0.600. The summed E-state index contributed by atoms with van der Waals surface area (Å²) in [5, 5.41) is 0. The largest absolute Gasteiger partial charge is 0.383 e. The first-order valence-corrected chi connectivity index (χ1v) is 7.51. The number of fused-ring (bicyclic) bond motifs is 1. The number of piperazine rings is 1. The number of nitrogens with two attached hydrogens (primary N) is 1. The number of hydrogen-bond acceptors (Lipinski definition) is 5. The molecule has 0 saturated carbocycles. The predicted octanol–water partition coefficient (Wildman–Crippen LogP) is 1.25. The summed E-state index contributed by atoms with van der Waals surface area (Å²) in [6.07, 6.45) is 6.47. The van der Waals surface area contributed by atoms with E-state index >= 15 is 0 Å². The molecule has 0 atom stereocenters. The monoisotopic (exact) mass is 273 g/mol. The van der Waals surface area contributed by atoms with E-state index in [4.69, 9.17) is 10.7 Å². The van der Waals surface area contributed by atoms with Gasteiger partial charge in [0.1, 0.15) is 5.82 Å². The second-order valence-corrected chi connectivity index (χ2v) is 5.62. The highest BCUT2D eigenvalue weighted by atomic mass is 15.3. The van der Waals surface area contributed by atoms with E-state index in [9.17, 15) is 0 Å². The lowest BCUT2D eigenvalue weighted by atomic mass is 9.96. The maximum absolute atomic E-state index is 6.12. The van der Waals surface area contributed by atoms with Crippen molar-refractivity contribution in [1.82, 2.24) is 14.9 Å². The molecule has 0 unspecified atom stereocenters. The van der Waals surface area contributed by atoms with Gasteiger partial charge >= 0.3 is 0 Å². The molecular weight excluding hydrogens is 250 g/mol. The van der Waals surface area contributed by atoms with Crippen LogP contribution in [0.4, 0.5) is 11.8 Å². The van der Waals surface area contributed by atoms with Gasteiger partial charge in [-0.15, -0.1) is 6.58 Å². The normalized spacial score (nSPS) is 19.7. The SMILES string of the molecule is C=CCN1CCN(c2nc(N)c3c(n2)CCCC3)CC1. The third kappa shape index (κ3) is 2.63. The van der Waals surface area contributed by atoms with Crippen molar-refractivity contribution >= 4 is 11.8 Å². The van der Waals surface area contributed by atoms with Gasteiger partial charge in [-0.1, -0.05) is 6.08 Å². The van der Waals surface area contributed by atoms with E-state index < -0.39 is 0 Å². The summed E-state index contributed by atoms with van der Waals surface area (Å²) in [5.74, 6) is 1.51. The van der Waals surface area contributed by atoms with Crippen molar-refractivity contribution in [3.05, 3.63) is 23.9 Å². The molecule has 3 rings (SSSR count). The second-order valence-electron chi connectivity index (χ2n) is 5.62. The predicted molar refractivity (Wildman–Crippen MR) is 81.9 cm³/mol. The minimum absolute atomic E-state index is 0.693. The zero-order chi connectivity index (χ0) is 13.9. The number of nitrogens with zero attached hydrogens (tertiary/aromatic N) is 4. The van der Waals surface area contributed by atoms with Crippen molar-refractivity contribution in [1.29, 1.82) is 0 Å². The van der Waals surface area contributed by atoms with E-state index in [1.54, 1.807) is 0 Å². The van der Waals surface area contributed by atoms with Crippen LogP contribution in [0, 0.1) is 0 Å². The lowest BCUT2D eigenvalue weighted by Gasteiger charge is -2.34. The molecule has 1 aliphatic carbocycles. The van der Waals surface area contributed by atoms with Gasteiger partial charge in [-0.3, -0.25) is 4.90 Å². The Morgan fingerprint density at radius 3 is 2.60 bits per heavy atom. The van der Waals surface area contributed by atoms with E-state index in [1.807, 2.05) is 6.08 Å². The number of hydrogen-bond donors (Lipinski definition) is 1. The topological polar surface area (TPSA) is 58.3 Å². The quantitative estimate of drug-likeness (QED) is 0.840. The summed E-state index contributed by atoms with van der Waals surface area (Å²) in [6.45, 7) is 8.75. The molecule has 2 N–H and O–H groups in total. The van der Waals surface area contributed by atoms with Gasteiger partial charge in [0.2, 0.25) is 5.95 Å². The standard InChI is InChI=1S/C15H23N5/c1-2-7-19-8-10-20(11-9-19)15-17-13-6-4-3-5-12(13)14(16)18-15/h2H,1,3-11H2,(H2,16,17,18). The summed E-state index contributed by atoms with van der Waals surface area (Å²) >= 11 is 0. The Morgan fingerprint density at radius 1 is 1.10 bits per heavy atom. The molecule has 0 aromatic carbocycles. The summed E-state index contributed by atoms with van der Waals surface area (Å²) in [5.41, 5.74) is 8.48. The first kappa shape index (κ1) is 13.4. The first-order chi connectivity index (χ1) is 9.78. The molecule has 5 nitrogen and oxygen atoms in total. The zero-order valence-electron chi connectivity index (χ0n) is 12.0. The third-order valence-corrected chi connectivity index (χ3v) is 4.25. The van der Waals surface area contributed by atoms with Crippen LogP contribution in [0.3, 0.4) is 0 Å². The highest BCUT2D eigenvalue weighted by molar-refractivity contribution is 5.49. The van der Waals surface area contributed by atoms with Gasteiger partial charge in [0.15, 0.2) is 0 Å². The van der Waals surface area contributed by atoms with Crippen molar-refractivity contribution in [3.63, 3.8) is 0 Å². The average molecular weight is 273 g/mol. The molecule has 0 spiro atoms. The number of aryl methyl sites for hydroxylation is 1. The van der Waals surface area contributed by atoms with Gasteiger partial charge in [-0.2, -0.15) is 4.98 Å². The molecule has 20 heavy (non-hydrogen) atoms. The average Bonchev–Trinajstić information content (AvgIpc) is 2.48.